The fourth-order valence-corrected chi connectivity index (χ4v) is 4.31. The monoisotopic (exact) mass is 456 g/mol. The van der Waals surface area contributed by atoms with Crippen LogP contribution in [-0.2, 0) is 14.9 Å². The Morgan fingerprint density at radius 3 is 2.21 bits per heavy atom. The van der Waals surface area contributed by atoms with Gasteiger partial charge in [0.1, 0.15) is 5.41 Å². The maximum Gasteiger partial charge on any atom is 0.229 e. The highest BCUT2D eigenvalue weighted by atomic mass is 16.7. The molecule has 0 atom stereocenters. The fourth-order valence-electron chi connectivity index (χ4n) is 4.31. The van der Waals surface area contributed by atoms with Crippen LogP contribution in [0.3, 0.4) is 0 Å². The van der Waals surface area contributed by atoms with Gasteiger partial charge in [-0.1, -0.05) is 86.5 Å². The lowest BCUT2D eigenvalue weighted by molar-refractivity contribution is 0.0454. The van der Waals surface area contributed by atoms with Crippen molar-refractivity contribution in [3.05, 3.63) is 108 Å². The number of hydrogen-bond donors (Lipinski definition) is 0. The van der Waals surface area contributed by atoms with Crippen LogP contribution in [0.2, 0.25) is 0 Å². The average Bonchev–Trinajstić information content (AvgIpc) is 3.03. The summed E-state index contributed by atoms with van der Waals surface area (Å²) in [7, 11) is 0. The molecule has 0 saturated heterocycles. The average molecular weight is 457 g/mol. The summed E-state index contributed by atoms with van der Waals surface area (Å²) in [5.41, 5.74) is 2.64. The summed E-state index contributed by atoms with van der Waals surface area (Å²) >= 11 is 0. The lowest BCUT2D eigenvalue weighted by atomic mass is 9.73. The SMILES string of the molecule is CCCCCN(CCC1=C/C=C/OCO\C=C\1)CCC(C#N)(c1ccccc1)c1ccccc1. The number of hydrogen-bond acceptors (Lipinski definition) is 4. The summed E-state index contributed by atoms with van der Waals surface area (Å²) in [6.07, 6.45) is 14.6. The van der Waals surface area contributed by atoms with Gasteiger partial charge in [-0.15, -0.1) is 0 Å². The van der Waals surface area contributed by atoms with E-state index in [-0.39, 0.29) is 6.79 Å². The highest BCUT2D eigenvalue weighted by Crippen LogP contribution is 2.35. The molecule has 0 unspecified atom stereocenters. The number of allylic oxidation sites excluding steroid dienone is 3. The lowest BCUT2D eigenvalue weighted by Crippen LogP contribution is -2.35. The van der Waals surface area contributed by atoms with Crippen LogP contribution >= 0.6 is 0 Å². The molecule has 0 amide bonds. The molecule has 1 heterocycles. The van der Waals surface area contributed by atoms with E-state index in [1.165, 1.54) is 24.8 Å². The van der Waals surface area contributed by atoms with Crippen molar-refractivity contribution in [2.24, 2.45) is 0 Å². The van der Waals surface area contributed by atoms with Crippen molar-refractivity contribution in [1.82, 2.24) is 4.90 Å². The minimum Gasteiger partial charge on any atom is -0.465 e. The maximum absolute atomic E-state index is 10.5. The molecule has 4 nitrogen and oxygen atoms in total. The molecular formula is C30H36N2O2. The van der Waals surface area contributed by atoms with Crippen molar-refractivity contribution in [2.45, 2.75) is 44.4 Å². The molecule has 34 heavy (non-hydrogen) atoms. The van der Waals surface area contributed by atoms with Crippen LogP contribution in [0.5, 0.6) is 0 Å². The van der Waals surface area contributed by atoms with Gasteiger partial charge in [-0.3, -0.25) is 0 Å². The van der Waals surface area contributed by atoms with Crippen LogP contribution in [0.4, 0.5) is 0 Å². The molecule has 0 spiro atoms. The highest BCUT2D eigenvalue weighted by molar-refractivity contribution is 5.45. The van der Waals surface area contributed by atoms with Crippen molar-refractivity contribution >= 4 is 0 Å². The molecule has 1 aliphatic heterocycles. The molecule has 1 aliphatic rings. The van der Waals surface area contributed by atoms with E-state index in [4.69, 9.17) is 9.47 Å². The Kier molecular flexibility index (Phi) is 10.5. The molecule has 0 aromatic heterocycles. The topological polar surface area (TPSA) is 45.5 Å². The van der Waals surface area contributed by atoms with E-state index in [2.05, 4.69) is 48.2 Å². The van der Waals surface area contributed by atoms with Gasteiger partial charge in [0, 0.05) is 13.1 Å². The Bertz CT molecular complexity index is 934. The van der Waals surface area contributed by atoms with E-state index >= 15 is 0 Å². The first-order valence-corrected chi connectivity index (χ1v) is 12.3. The number of benzene rings is 2. The molecule has 2 aromatic carbocycles. The normalized spacial score (nSPS) is 17.1. The molecule has 0 saturated carbocycles. The minimum absolute atomic E-state index is 0.229. The van der Waals surface area contributed by atoms with E-state index in [1.807, 2.05) is 48.6 Å². The van der Waals surface area contributed by atoms with Crippen molar-refractivity contribution in [1.29, 1.82) is 5.26 Å². The van der Waals surface area contributed by atoms with Crippen LogP contribution in [0.15, 0.2) is 97.0 Å². The van der Waals surface area contributed by atoms with E-state index in [0.717, 1.165) is 43.6 Å². The number of nitrogens with zero attached hydrogens (tertiary/aromatic N) is 2. The van der Waals surface area contributed by atoms with E-state index in [9.17, 15) is 5.26 Å². The van der Waals surface area contributed by atoms with Gasteiger partial charge >= 0.3 is 0 Å². The Morgan fingerprint density at radius 2 is 1.56 bits per heavy atom. The van der Waals surface area contributed by atoms with Gasteiger partial charge in [0.25, 0.3) is 0 Å². The van der Waals surface area contributed by atoms with Crippen molar-refractivity contribution < 1.29 is 9.47 Å². The maximum atomic E-state index is 10.5. The van der Waals surface area contributed by atoms with Crippen molar-refractivity contribution in [3.8, 4) is 6.07 Å². The van der Waals surface area contributed by atoms with Crippen LogP contribution in [-0.4, -0.2) is 31.3 Å². The van der Waals surface area contributed by atoms with Gasteiger partial charge in [0.05, 0.1) is 18.6 Å². The summed E-state index contributed by atoms with van der Waals surface area (Å²) in [6.45, 7) is 5.28. The predicted molar refractivity (Wildman–Crippen MR) is 138 cm³/mol. The van der Waals surface area contributed by atoms with Crippen LogP contribution in [0, 0.1) is 11.3 Å². The molecule has 0 radical (unpaired) electrons. The standard InChI is InChI=1S/C30H36N2O2/c1-2-3-10-20-32(21-17-27-12-11-23-33-26-34-24-18-27)22-19-30(25-31,28-13-6-4-7-14-28)29-15-8-5-9-16-29/h4-9,11-16,18,23-24H,2-3,10,17,19-22,26H2,1H3/b23-11+,24-18+,27-12-. The van der Waals surface area contributed by atoms with Crippen molar-refractivity contribution in [2.75, 3.05) is 26.4 Å². The lowest BCUT2D eigenvalue weighted by Gasteiger charge is -2.31. The zero-order valence-corrected chi connectivity index (χ0v) is 20.2. The second-order valence-corrected chi connectivity index (χ2v) is 8.62. The second kappa shape index (κ2) is 14.1. The van der Waals surface area contributed by atoms with Gasteiger partial charge in [-0.05, 0) is 54.7 Å². The third kappa shape index (κ3) is 7.37. The summed E-state index contributed by atoms with van der Waals surface area (Å²) in [4.78, 5) is 2.51. The van der Waals surface area contributed by atoms with Gasteiger partial charge in [-0.25, -0.2) is 0 Å². The first-order valence-electron chi connectivity index (χ1n) is 12.3. The summed E-state index contributed by atoms with van der Waals surface area (Å²) in [5.74, 6) is 0. The molecule has 0 fully saturated rings. The predicted octanol–water partition coefficient (Wildman–Crippen LogP) is 6.73. The highest BCUT2D eigenvalue weighted by Gasteiger charge is 2.34. The molecule has 0 N–H and O–H groups in total. The molecule has 4 heteroatoms. The third-order valence-corrected chi connectivity index (χ3v) is 6.32. The molecule has 0 aliphatic carbocycles. The van der Waals surface area contributed by atoms with Crippen LogP contribution in [0.25, 0.3) is 0 Å². The molecular weight excluding hydrogens is 420 g/mol. The summed E-state index contributed by atoms with van der Waals surface area (Å²) < 4.78 is 10.6. The summed E-state index contributed by atoms with van der Waals surface area (Å²) in [5, 5.41) is 10.5. The Hall–Kier alpha value is -3.29. The summed E-state index contributed by atoms with van der Waals surface area (Å²) in [6, 6.07) is 23.2. The van der Waals surface area contributed by atoms with E-state index in [0.29, 0.717) is 0 Å². The molecule has 3 rings (SSSR count). The quantitative estimate of drug-likeness (QED) is 0.332. The van der Waals surface area contributed by atoms with Gasteiger partial charge in [0.15, 0.2) is 0 Å². The zero-order chi connectivity index (χ0) is 23.9. The zero-order valence-electron chi connectivity index (χ0n) is 20.2. The Labute approximate surface area is 204 Å². The number of nitriles is 1. The Morgan fingerprint density at radius 1 is 0.882 bits per heavy atom. The molecule has 0 bridgehead atoms. The fraction of sp³-hybridized carbons (Fsp3) is 0.367. The number of ether oxygens (including phenoxy) is 2. The minimum atomic E-state index is -0.670. The first-order chi connectivity index (χ1) is 16.8. The number of rotatable bonds is 12. The van der Waals surface area contributed by atoms with Gasteiger partial charge in [-0.2, -0.15) is 5.26 Å². The van der Waals surface area contributed by atoms with E-state index in [1.54, 1.807) is 12.5 Å². The molecule has 2 aromatic rings. The largest absolute Gasteiger partial charge is 0.465 e. The second-order valence-electron chi connectivity index (χ2n) is 8.62. The van der Waals surface area contributed by atoms with Gasteiger partial charge < -0.3 is 14.4 Å². The molecule has 178 valence electrons. The Balaban J connectivity index is 1.78. The third-order valence-electron chi connectivity index (χ3n) is 6.32. The smallest absolute Gasteiger partial charge is 0.229 e. The van der Waals surface area contributed by atoms with E-state index < -0.39 is 5.41 Å². The number of unbranched alkanes of at least 4 members (excludes halogenated alkanes) is 2. The van der Waals surface area contributed by atoms with Crippen LogP contribution in [0.1, 0.15) is 50.2 Å². The van der Waals surface area contributed by atoms with Gasteiger partial charge in [0.2, 0.25) is 6.79 Å². The first kappa shape index (κ1) is 25.3. The van der Waals surface area contributed by atoms with Crippen LogP contribution < -0.4 is 0 Å². The van der Waals surface area contributed by atoms with Crippen molar-refractivity contribution in [3.63, 3.8) is 0 Å².